The van der Waals surface area contributed by atoms with Gasteiger partial charge in [-0.25, -0.2) is 21.8 Å². The largest absolute Gasteiger partial charge is 0.280 e. The van der Waals surface area contributed by atoms with Crippen LogP contribution in [0.2, 0.25) is 0 Å². The predicted octanol–water partition coefficient (Wildman–Crippen LogP) is 3.20. The summed E-state index contributed by atoms with van der Waals surface area (Å²) in [5.41, 5.74) is 1.73. The Morgan fingerprint density at radius 2 is 1.84 bits per heavy atom. The van der Waals surface area contributed by atoms with Crippen LogP contribution in [0.25, 0.3) is 10.2 Å². The van der Waals surface area contributed by atoms with Crippen molar-refractivity contribution in [1.29, 1.82) is 0 Å². The summed E-state index contributed by atoms with van der Waals surface area (Å²) in [6.45, 7) is 3.38. The minimum Gasteiger partial charge on any atom is -0.280 e. The molecule has 0 spiro atoms. The average molecular weight is 397 g/mol. The lowest BCUT2D eigenvalue weighted by atomic mass is 10.2. The van der Waals surface area contributed by atoms with Gasteiger partial charge < -0.3 is 0 Å². The number of rotatable bonds is 5. The van der Waals surface area contributed by atoms with E-state index in [0.29, 0.717) is 15.9 Å². The second kappa shape index (κ2) is 6.40. The maximum Gasteiger partial charge on any atom is 0.261 e. The van der Waals surface area contributed by atoms with Gasteiger partial charge in [-0.1, -0.05) is 19.1 Å². The van der Waals surface area contributed by atoms with Crippen molar-refractivity contribution in [2.45, 2.75) is 23.1 Å². The molecule has 3 rings (SSSR count). The first-order valence-corrected chi connectivity index (χ1v) is 11.4. The van der Waals surface area contributed by atoms with Gasteiger partial charge in [0.05, 0.1) is 26.6 Å². The van der Waals surface area contributed by atoms with E-state index in [1.54, 1.807) is 37.3 Å². The van der Waals surface area contributed by atoms with Gasteiger partial charge in [0.25, 0.3) is 10.0 Å². The number of aryl methyl sites for hydroxylation is 1. The fourth-order valence-corrected chi connectivity index (χ4v) is 5.73. The Balaban J connectivity index is 1.97. The van der Waals surface area contributed by atoms with Gasteiger partial charge in [0.1, 0.15) is 0 Å². The summed E-state index contributed by atoms with van der Waals surface area (Å²) < 4.78 is 52.0. The molecule has 0 atom stereocenters. The third-order valence-corrected chi connectivity index (χ3v) is 8.15. The molecule has 0 aliphatic rings. The van der Waals surface area contributed by atoms with Crippen molar-refractivity contribution in [2.24, 2.45) is 0 Å². The number of thiazole rings is 1. The van der Waals surface area contributed by atoms with Crippen LogP contribution in [-0.2, 0) is 19.9 Å². The zero-order chi connectivity index (χ0) is 18.2. The summed E-state index contributed by atoms with van der Waals surface area (Å²) in [5, 5.41) is 0. The molecule has 3 aromatic rings. The molecule has 1 aromatic heterocycles. The molecule has 0 aliphatic heterocycles. The molecule has 1 heterocycles. The Morgan fingerprint density at radius 3 is 2.52 bits per heavy atom. The second-order valence-corrected chi connectivity index (χ2v) is 10.7. The van der Waals surface area contributed by atoms with E-state index in [0.717, 1.165) is 16.9 Å². The van der Waals surface area contributed by atoms with Crippen LogP contribution in [0.3, 0.4) is 0 Å². The van der Waals surface area contributed by atoms with Gasteiger partial charge in [-0.05, 0) is 42.8 Å². The average Bonchev–Trinajstić information content (AvgIpc) is 2.98. The first kappa shape index (κ1) is 17.8. The summed E-state index contributed by atoms with van der Waals surface area (Å²) in [4.78, 5) is 4.29. The zero-order valence-corrected chi connectivity index (χ0v) is 16.0. The van der Waals surface area contributed by atoms with Crippen LogP contribution in [0.15, 0.2) is 51.7 Å². The molecule has 2 aromatic carbocycles. The summed E-state index contributed by atoms with van der Waals surface area (Å²) >= 11 is 1.03. The highest BCUT2D eigenvalue weighted by molar-refractivity contribution is 7.93. The molecule has 0 saturated heterocycles. The molecule has 1 N–H and O–H groups in total. The van der Waals surface area contributed by atoms with Crippen LogP contribution in [0.5, 0.6) is 0 Å². The van der Waals surface area contributed by atoms with Gasteiger partial charge in [0.2, 0.25) is 14.2 Å². The molecule has 0 fully saturated rings. The van der Waals surface area contributed by atoms with Crippen LogP contribution in [0.1, 0.15) is 12.5 Å². The lowest BCUT2D eigenvalue weighted by Crippen LogP contribution is -2.12. The molecule has 9 heteroatoms. The van der Waals surface area contributed by atoms with E-state index in [9.17, 15) is 16.8 Å². The Labute approximate surface area is 150 Å². The predicted molar refractivity (Wildman–Crippen MR) is 99.3 cm³/mol. The van der Waals surface area contributed by atoms with Crippen molar-refractivity contribution < 1.29 is 16.8 Å². The van der Waals surface area contributed by atoms with E-state index in [2.05, 4.69) is 9.71 Å². The number of aromatic nitrogens is 1. The molecular formula is C16H16N2O4S3. The fourth-order valence-electron chi connectivity index (χ4n) is 2.22. The van der Waals surface area contributed by atoms with E-state index in [4.69, 9.17) is 0 Å². The Kier molecular flexibility index (Phi) is 4.56. The van der Waals surface area contributed by atoms with Crippen molar-refractivity contribution in [3.63, 3.8) is 0 Å². The van der Waals surface area contributed by atoms with Gasteiger partial charge >= 0.3 is 0 Å². The Morgan fingerprint density at radius 1 is 1.08 bits per heavy atom. The molecule has 0 amide bonds. The third-order valence-electron chi connectivity index (χ3n) is 3.57. The number of nitrogens with one attached hydrogen (secondary N) is 1. The number of benzene rings is 2. The maximum atomic E-state index is 12.5. The normalized spacial score (nSPS) is 12.4. The molecule has 0 saturated carbocycles. The van der Waals surface area contributed by atoms with Crippen molar-refractivity contribution in [3.05, 3.63) is 48.0 Å². The second-order valence-electron chi connectivity index (χ2n) is 5.49. The summed E-state index contributed by atoms with van der Waals surface area (Å²) in [6.07, 6.45) is 0. The summed E-state index contributed by atoms with van der Waals surface area (Å²) in [7, 11) is -7.10. The number of hydrogen-bond acceptors (Lipinski definition) is 6. The van der Waals surface area contributed by atoms with Crippen LogP contribution in [-0.4, -0.2) is 27.6 Å². The SMILES string of the molecule is CCS(=O)(=O)c1nc2ccc(NS(=O)(=O)c3cccc(C)c3)cc2s1. The summed E-state index contributed by atoms with van der Waals surface area (Å²) in [5.74, 6) is -0.0281. The lowest BCUT2D eigenvalue weighted by Gasteiger charge is -2.08. The van der Waals surface area contributed by atoms with E-state index < -0.39 is 19.9 Å². The molecule has 6 nitrogen and oxygen atoms in total. The zero-order valence-electron chi connectivity index (χ0n) is 13.6. The van der Waals surface area contributed by atoms with E-state index >= 15 is 0 Å². The first-order chi connectivity index (χ1) is 11.7. The minimum atomic E-state index is -3.71. The number of sulfone groups is 1. The number of hydrogen-bond donors (Lipinski definition) is 1. The number of sulfonamides is 1. The maximum absolute atomic E-state index is 12.5. The van der Waals surface area contributed by atoms with Gasteiger partial charge in [-0.2, -0.15) is 0 Å². The monoisotopic (exact) mass is 396 g/mol. The first-order valence-electron chi connectivity index (χ1n) is 7.44. The summed E-state index contributed by atoms with van der Waals surface area (Å²) in [6, 6.07) is 11.4. The van der Waals surface area contributed by atoms with Gasteiger partial charge in [-0.15, -0.1) is 11.3 Å². The van der Waals surface area contributed by atoms with Crippen LogP contribution in [0, 0.1) is 6.92 Å². The van der Waals surface area contributed by atoms with Crippen molar-refractivity contribution >= 4 is 47.1 Å². The standard InChI is InChI=1S/C16H16N2O4S3/c1-3-24(19,20)16-17-14-8-7-12(10-15(14)23-16)18-25(21,22)13-6-4-5-11(2)9-13/h4-10,18H,3H2,1-2H3. The van der Waals surface area contributed by atoms with Crippen LogP contribution in [0.4, 0.5) is 5.69 Å². The van der Waals surface area contributed by atoms with Crippen molar-refractivity contribution in [2.75, 3.05) is 10.5 Å². The molecule has 0 radical (unpaired) electrons. The molecule has 0 unspecified atom stereocenters. The number of fused-ring (bicyclic) bond motifs is 1. The Bertz CT molecular complexity index is 1150. The quantitative estimate of drug-likeness (QED) is 0.715. The van der Waals surface area contributed by atoms with Crippen LogP contribution < -0.4 is 4.72 Å². The minimum absolute atomic E-state index is 0.0281. The van der Waals surface area contributed by atoms with Crippen LogP contribution >= 0.6 is 11.3 Å². The fraction of sp³-hybridized carbons (Fsp3) is 0.188. The molecule has 0 bridgehead atoms. The van der Waals surface area contributed by atoms with Crippen molar-refractivity contribution in [3.8, 4) is 0 Å². The van der Waals surface area contributed by atoms with Gasteiger partial charge in [-0.3, -0.25) is 4.72 Å². The topological polar surface area (TPSA) is 93.2 Å². The molecule has 0 aliphatic carbocycles. The van der Waals surface area contributed by atoms with E-state index in [1.807, 2.05) is 13.0 Å². The molecule has 25 heavy (non-hydrogen) atoms. The van der Waals surface area contributed by atoms with E-state index in [1.165, 1.54) is 6.07 Å². The third kappa shape index (κ3) is 3.68. The number of anilines is 1. The lowest BCUT2D eigenvalue weighted by molar-refractivity contribution is 0.596. The smallest absolute Gasteiger partial charge is 0.261 e. The molecule has 132 valence electrons. The number of nitrogens with zero attached hydrogens (tertiary/aromatic N) is 1. The Hall–Kier alpha value is -1.97. The van der Waals surface area contributed by atoms with Crippen molar-refractivity contribution in [1.82, 2.24) is 4.98 Å². The highest BCUT2D eigenvalue weighted by Gasteiger charge is 2.19. The van der Waals surface area contributed by atoms with Gasteiger partial charge in [0, 0.05) is 0 Å². The van der Waals surface area contributed by atoms with Gasteiger partial charge in [0.15, 0.2) is 0 Å². The highest BCUT2D eigenvalue weighted by atomic mass is 32.2. The highest BCUT2D eigenvalue weighted by Crippen LogP contribution is 2.29. The molecular weight excluding hydrogens is 380 g/mol. The van der Waals surface area contributed by atoms with E-state index in [-0.39, 0.29) is 15.0 Å².